The highest BCUT2D eigenvalue weighted by atomic mass is 16.1. The molecule has 0 spiro atoms. The first kappa shape index (κ1) is 9.41. The van der Waals surface area contributed by atoms with E-state index in [0.717, 1.165) is 12.7 Å². The van der Waals surface area contributed by atoms with Crippen LogP contribution in [0.1, 0.15) is 26.7 Å². The minimum atomic E-state index is 0.528. The standard InChI is InChI=1S/C9H16O/c1-4-8(2)9(3)6-5-7-10/h4,7-9H,1,5-6H2,2-3H3/t8-,9-/m0/s1. The fourth-order valence-electron chi connectivity index (χ4n) is 0.826. The molecule has 10 heavy (non-hydrogen) atoms. The SMILES string of the molecule is C=C[C@H](C)[C@@H](C)CCC=O. The molecule has 0 aromatic carbocycles. The molecule has 0 aromatic rings. The predicted octanol–water partition coefficient (Wildman–Crippen LogP) is 2.42. The normalized spacial score (nSPS) is 15.8. The van der Waals surface area contributed by atoms with Crippen molar-refractivity contribution in [3.63, 3.8) is 0 Å². The molecule has 0 aliphatic heterocycles. The largest absolute Gasteiger partial charge is 0.303 e. The molecule has 1 nitrogen and oxygen atoms in total. The van der Waals surface area contributed by atoms with E-state index >= 15 is 0 Å². The van der Waals surface area contributed by atoms with E-state index in [0.29, 0.717) is 18.3 Å². The number of carbonyl (C=O) groups excluding carboxylic acids is 1. The molecule has 0 saturated heterocycles. The summed E-state index contributed by atoms with van der Waals surface area (Å²) in [5, 5.41) is 0. The molecule has 0 fully saturated rings. The second-order valence-corrected chi connectivity index (χ2v) is 2.82. The lowest BCUT2D eigenvalue weighted by molar-refractivity contribution is -0.108. The summed E-state index contributed by atoms with van der Waals surface area (Å²) in [6.45, 7) is 7.98. The third kappa shape index (κ3) is 3.44. The van der Waals surface area contributed by atoms with Crippen LogP contribution in [0.25, 0.3) is 0 Å². The molecule has 0 aliphatic carbocycles. The van der Waals surface area contributed by atoms with E-state index in [1.54, 1.807) is 0 Å². The van der Waals surface area contributed by atoms with Crippen LogP contribution < -0.4 is 0 Å². The molecular weight excluding hydrogens is 124 g/mol. The topological polar surface area (TPSA) is 17.1 Å². The van der Waals surface area contributed by atoms with Crippen molar-refractivity contribution in [1.29, 1.82) is 0 Å². The molecule has 0 rings (SSSR count). The summed E-state index contributed by atoms with van der Waals surface area (Å²) in [6.07, 6.45) is 4.58. The van der Waals surface area contributed by atoms with Gasteiger partial charge in [0.1, 0.15) is 6.29 Å². The summed E-state index contributed by atoms with van der Waals surface area (Å²) in [7, 11) is 0. The fourth-order valence-corrected chi connectivity index (χ4v) is 0.826. The average molecular weight is 140 g/mol. The molecule has 2 atom stereocenters. The molecule has 0 heterocycles. The van der Waals surface area contributed by atoms with Gasteiger partial charge in [-0.3, -0.25) is 0 Å². The van der Waals surface area contributed by atoms with Gasteiger partial charge in [-0.2, -0.15) is 0 Å². The summed E-state index contributed by atoms with van der Waals surface area (Å²) < 4.78 is 0. The Kier molecular flexibility index (Phi) is 4.91. The van der Waals surface area contributed by atoms with Crippen molar-refractivity contribution in [2.75, 3.05) is 0 Å². The van der Waals surface area contributed by atoms with Gasteiger partial charge >= 0.3 is 0 Å². The van der Waals surface area contributed by atoms with Gasteiger partial charge in [0.25, 0.3) is 0 Å². The summed E-state index contributed by atoms with van der Waals surface area (Å²) in [4.78, 5) is 9.99. The Morgan fingerprint density at radius 3 is 2.50 bits per heavy atom. The lowest BCUT2D eigenvalue weighted by atomic mass is 9.92. The molecule has 0 aromatic heterocycles. The highest BCUT2D eigenvalue weighted by molar-refractivity contribution is 5.49. The van der Waals surface area contributed by atoms with Crippen LogP contribution in [0.4, 0.5) is 0 Å². The maximum absolute atomic E-state index is 9.99. The molecule has 0 amide bonds. The zero-order valence-electron chi connectivity index (χ0n) is 6.84. The second-order valence-electron chi connectivity index (χ2n) is 2.82. The van der Waals surface area contributed by atoms with Crippen LogP contribution in [0.2, 0.25) is 0 Å². The van der Waals surface area contributed by atoms with Crippen LogP contribution in [-0.4, -0.2) is 6.29 Å². The van der Waals surface area contributed by atoms with E-state index in [4.69, 9.17) is 0 Å². The van der Waals surface area contributed by atoms with Crippen molar-refractivity contribution in [2.24, 2.45) is 11.8 Å². The van der Waals surface area contributed by atoms with E-state index < -0.39 is 0 Å². The first-order valence-corrected chi connectivity index (χ1v) is 3.78. The van der Waals surface area contributed by atoms with E-state index in [9.17, 15) is 4.79 Å². The van der Waals surface area contributed by atoms with Crippen LogP contribution in [0.5, 0.6) is 0 Å². The van der Waals surface area contributed by atoms with Gasteiger partial charge in [-0.25, -0.2) is 0 Å². The van der Waals surface area contributed by atoms with Crippen LogP contribution >= 0.6 is 0 Å². The monoisotopic (exact) mass is 140 g/mol. The van der Waals surface area contributed by atoms with E-state index in [2.05, 4.69) is 20.4 Å². The fraction of sp³-hybridized carbons (Fsp3) is 0.667. The van der Waals surface area contributed by atoms with E-state index in [1.165, 1.54) is 0 Å². The van der Waals surface area contributed by atoms with Gasteiger partial charge in [-0.15, -0.1) is 6.58 Å². The lowest BCUT2D eigenvalue weighted by Gasteiger charge is -2.13. The van der Waals surface area contributed by atoms with Gasteiger partial charge in [-0.05, 0) is 18.3 Å². The molecular formula is C9H16O. The maximum atomic E-state index is 9.99. The Labute approximate surface area is 63.1 Å². The minimum Gasteiger partial charge on any atom is -0.303 e. The Morgan fingerprint density at radius 1 is 1.50 bits per heavy atom. The highest BCUT2D eigenvalue weighted by Gasteiger charge is 2.06. The van der Waals surface area contributed by atoms with Gasteiger partial charge in [0.15, 0.2) is 0 Å². The predicted molar refractivity (Wildman–Crippen MR) is 43.8 cm³/mol. The second kappa shape index (κ2) is 5.21. The Hall–Kier alpha value is -0.590. The first-order chi connectivity index (χ1) is 4.72. The molecule has 58 valence electrons. The van der Waals surface area contributed by atoms with E-state index in [-0.39, 0.29) is 0 Å². The van der Waals surface area contributed by atoms with Crippen LogP contribution in [0.15, 0.2) is 12.7 Å². The van der Waals surface area contributed by atoms with Gasteiger partial charge in [0.2, 0.25) is 0 Å². The number of hydrogen-bond acceptors (Lipinski definition) is 1. The molecule has 0 bridgehead atoms. The highest BCUT2D eigenvalue weighted by Crippen LogP contribution is 2.16. The Bertz CT molecular complexity index is 107. The first-order valence-electron chi connectivity index (χ1n) is 3.78. The Morgan fingerprint density at radius 2 is 2.10 bits per heavy atom. The number of hydrogen-bond donors (Lipinski definition) is 0. The van der Waals surface area contributed by atoms with Gasteiger partial charge in [0, 0.05) is 6.42 Å². The molecule has 0 unspecified atom stereocenters. The smallest absolute Gasteiger partial charge is 0.120 e. The van der Waals surface area contributed by atoms with Crippen molar-refractivity contribution < 1.29 is 4.79 Å². The zero-order chi connectivity index (χ0) is 7.98. The van der Waals surface area contributed by atoms with Crippen molar-refractivity contribution in [1.82, 2.24) is 0 Å². The summed E-state index contributed by atoms with van der Waals surface area (Å²) in [5.74, 6) is 1.11. The Balaban J connectivity index is 3.49. The van der Waals surface area contributed by atoms with Gasteiger partial charge < -0.3 is 4.79 Å². The molecule has 1 heteroatoms. The summed E-state index contributed by atoms with van der Waals surface area (Å²) >= 11 is 0. The average Bonchev–Trinajstić information content (AvgIpc) is 1.98. The third-order valence-electron chi connectivity index (χ3n) is 2.01. The minimum absolute atomic E-state index is 0.528. The van der Waals surface area contributed by atoms with Crippen molar-refractivity contribution in [3.05, 3.63) is 12.7 Å². The number of aldehydes is 1. The van der Waals surface area contributed by atoms with Gasteiger partial charge in [-0.1, -0.05) is 19.9 Å². The zero-order valence-corrected chi connectivity index (χ0v) is 6.84. The van der Waals surface area contributed by atoms with Crippen LogP contribution in [0.3, 0.4) is 0 Å². The number of rotatable bonds is 5. The summed E-state index contributed by atoms with van der Waals surface area (Å²) in [6, 6.07) is 0. The molecule has 0 aliphatic rings. The molecule has 0 radical (unpaired) electrons. The van der Waals surface area contributed by atoms with Gasteiger partial charge in [0.05, 0.1) is 0 Å². The molecule has 0 N–H and O–H groups in total. The van der Waals surface area contributed by atoms with Crippen molar-refractivity contribution in [3.8, 4) is 0 Å². The van der Waals surface area contributed by atoms with Crippen molar-refractivity contribution >= 4 is 6.29 Å². The maximum Gasteiger partial charge on any atom is 0.120 e. The number of allylic oxidation sites excluding steroid dienone is 1. The van der Waals surface area contributed by atoms with Crippen LogP contribution in [0, 0.1) is 11.8 Å². The van der Waals surface area contributed by atoms with E-state index in [1.807, 2.05) is 6.08 Å². The number of carbonyl (C=O) groups is 1. The van der Waals surface area contributed by atoms with Crippen molar-refractivity contribution in [2.45, 2.75) is 26.7 Å². The molecule has 0 saturated carbocycles. The lowest BCUT2D eigenvalue weighted by Crippen LogP contribution is -2.04. The third-order valence-corrected chi connectivity index (χ3v) is 2.01. The quantitative estimate of drug-likeness (QED) is 0.423. The van der Waals surface area contributed by atoms with Crippen LogP contribution in [-0.2, 0) is 4.79 Å². The summed E-state index contributed by atoms with van der Waals surface area (Å²) in [5.41, 5.74) is 0.